The minimum atomic E-state index is -4.75. The normalized spacial score (nSPS) is 11.4. The number of nitrogens with zero attached hydrogens (tertiary/aromatic N) is 2. The van der Waals surface area contributed by atoms with E-state index >= 15 is 0 Å². The molecule has 0 unspecified atom stereocenters. The molecule has 2 heterocycles. The number of nitrogens with one attached hydrogen (secondary N) is 1. The van der Waals surface area contributed by atoms with E-state index < -0.39 is 6.36 Å². The minimum Gasteiger partial charge on any atom is -0.497 e. The summed E-state index contributed by atoms with van der Waals surface area (Å²) in [6.45, 7) is 1.99. The molecule has 10 heteroatoms. The summed E-state index contributed by atoms with van der Waals surface area (Å²) in [6.07, 6.45) is -3.03. The van der Waals surface area contributed by atoms with Gasteiger partial charge < -0.3 is 19.5 Å². The monoisotopic (exact) mass is 485 g/mol. The topological polar surface area (TPSA) is 74.1 Å². The first kappa shape index (κ1) is 23.9. The molecule has 2 aromatic heterocycles. The average molecular weight is 485 g/mol. The third-order valence-electron chi connectivity index (χ3n) is 5.36. The van der Waals surface area contributed by atoms with E-state index in [0.717, 1.165) is 5.56 Å². The number of pyridine rings is 1. The Bertz CT molecular complexity index is 1370. The molecule has 1 N–H and O–H groups in total. The summed E-state index contributed by atoms with van der Waals surface area (Å²) >= 11 is 0. The highest BCUT2D eigenvalue weighted by molar-refractivity contribution is 6.02. The van der Waals surface area contributed by atoms with Crippen molar-refractivity contribution in [2.45, 2.75) is 19.8 Å². The predicted octanol–water partition coefficient (Wildman–Crippen LogP) is 5.16. The number of alkyl halides is 3. The quantitative estimate of drug-likeness (QED) is 0.392. The Kier molecular flexibility index (Phi) is 6.54. The number of aryl methyl sites for hydroxylation is 1. The van der Waals surface area contributed by atoms with Crippen LogP contribution >= 0.6 is 0 Å². The molecule has 35 heavy (non-hydrogen) atoms. The maximum absolute atomic E-state index is 13.0. The lowest BCUT2D eigenvalue weighted by Gasteiger charge is -2.13. The lowest BCUT2D eigenvalue weighted by molar-refractivity contribution is -0.274. The average Bonchev–Trinajstić information content (AvgIpc) is 3.16. The molecule has 0 saturated heterocycles. The van der Waals surface area contributed by atoms with Gasteiger partial charge in [-0.25, -0.2) is 4.52 Å². The molecule has 0 fully saturated rings. The highest BCUT2D eigenvalue weighted by Crippen LogP contribution is 2.33. The van der Waals surface area contributed by atoms with E-state index in [1.165, 1.54) is 31.4 Å². The van der Waals surface area contributed by atoms with E-state index in [4.69, 9.17) is 9.47 Å². The van der Waals surface area contributed by atoms with Gasteiger partial charge in [-0.15, -0.1) is 13.2 Å². The molecule has 182 valence electrons. The molecule has 0 spiro atoms. The summed E-state index contributed by atoms with van der Waals surface area (Å²) in [6, 6.07) is 14.4. The molecular weight excluding hydrogens is 463 g/mol. The molecule has 2 aromatic carbocycles. The Hall–Kier alpha value is -4.21. The van der Waals surface area contributed by atoms with E-state index in [-0.39, 0.29) is 18.2 Å². The van der Waals surface area contributed by atoms with Gasteiger partial charge in [-0.1, -0.05) is 24.3 Å². The summed E-state index contributed by atoms with van der Waals surface area (Å²) in [5.41, 5.74) is 3.79. The van der Waals surface area contributed by atoms with E-state index in [2.05, 4.69) is 15.2 Å². The van der Waals surface area contributed by atoms with Gasteiger partial charge in [0.15, 0.2) is 0 Å². The van der Waals surface area contributed by atoms with Crippen LogP contribution in [0.15, 0.2) is 60.8 Å². The summed E-state index contributed by atoms with van der Waals surface area (Å²) in [5.74, 6) is 0.539. The van der Waals surface area contributed by atoms with Crippen LogP contribution in [0.4, 0.5) is 13.2 Å². The smallest absolute Gasteiger partial charge is 0.497 e. The number of amides is 1. The van der Waals surface area contributed by atoms with Gasteiger partial charge in [0, 0.05) is 24.4 Å². The number of ether oxygens (including phenoxy) is 3. The Labute approximate surface area is 199 Å². The summed E-state index contributed by atoms with van der Waals surface area (Å²) in [7, 11) is 3.05. The molecule has 0 aliphatic carbocycles. The van der Waals surface area contributed by atoms with Gasteiger partial charge in [-0.3, -0.25) is 4.79 Å². The lowest BCUT2D eigenvalue weighted by Crippen LogP contribution is -2.23. The second kappa shape index (κ2) is 9.57. The van der Waals surface area contributed by atoms with Crippen molar-refractivity contribution >= 4 is 11.4 Å². The highest BCUT2D eigenvalue weighted by atomic mass is 19.4. The maximum atomic E-state index is 13.0. The number of carbonyl (C=O) groups is 1. The zero-order valence-corrected chi connectivity index (χ0v) is 19.1. The van der Waals surface area contributed by atoms with Gasteiger partial charge in [-0.05, 0) is 42.3 Å². The Morgan fingerprint density at radius 1 is 1.00 bits per heavy atom. The molecule has 0 radical (unpaired) electrons. The van der Waals surface area contributed by atoms with Crippen LogP contribution in [0, 0.1) is 6.92 Å². The molecule has 0 saturated carbocycles. The number of benzene rings is 2. The van der Waals surface area contributed by atoms with Crippen LogP contribution in [-0.4, -0.2) is 36.1 Å². The predicted molar refractivity (Wildman–Crippen MR) is 123 cm³/mol. The molecule has 0 aliphatic heterocycles. The fourth-order valence-electron chi connectivity index (χ4n) is 3.74. The summed E-state index contributed by atoms with van der Waals surface area (Å²) < 4.78 is 53.5. The first-order valence-electron chi connectivity index (χ1n) is 10.5. The van der Waals surface area contributed by atoms with Crippen LogP contribution in [0.2, 0.25) is 0 Å². The van der Waals surface area contributed by atoms with Crippen molar-refractivity contribution in [2.24, 2.45) is 0 Å². The molecule has 4 aromatic rings. The number of hydrogen-bond acceptors (Lipinski definition) is 5. The largest absolute Gasteiger partial charge is 0.573 e. The fraction of sp³-hybridized carbons (Fsp3) is 0.200. The van der Waals surface area contributed by atoms with E-state index in [1.54, 1.807) is 49.0 Å². The van der Waals surface area contributed by atoms with Crippen molar-refractivity contribution in [3.05, 3.63) is 77.6 Å². The minimum absolute atomic E-state index is 0.231. The number of halogens is 3. The lowest BCUT2D eigenvalue weighted by atomic mass is 10.0. The zero-order chi connectivity index (χ0) is 25.2. The van der Waals surface area contributed by atoms with Crippen molar-refractivity contribution < 1.29 is 32.2 Å². The van der Waals surface area contributed by atoms with Crippen LogP contribution in [0.5, 0.6) is 17.2 Å². The Morgan fingerprint density at radius 3 is 2.40 bits per heavy atom. The van der Waals surface area contributed by atoms with Crippen molar-refractivity contribution in [3.63, 3.8) is 0 Å². The number of aromatic nitrogens is 2. The third kappa shape index (κ3) is 5.32. The molecule has 1 amide bonds. The van der Waals surface area contributed by atoms with Crippen LogP contribution in [-0.2, 0) is 6.54 Å². The SMILES string of the molecule is COc1ccn2nc(C)c(C(=O)NCc3ccc(-c4ccc(OC(F)(F)F)cc4)c(OC)c3)c2c1. The van der Waals surface area contributed by atoms with Gasteiger partial charge in [0.05, 0.1) is 31.0 Å². The number of methoxy groups -OCH3 is 2. The van der Waals surface area contributed by atoms with Crippen molar-refractivity contribution in [1.82, 2.24) is 14.9 Å². The maximum Gasteiger partial charge on any atom is 0.573 e. The molecule has 0 aliphatic rings. The van der Waals surface area contributed by atoms with Crippen LogP contribution in [0.3, 0.4) is 0 Å². The van der Waals surface area contributed by atoms with E-state index in [1.807, 2.05) is 6.07 Å². The molecule has 4 rings (SSSR count). The number of carbonyl (C=O) groups excluding carboxylic acids is 1. The fourth-order valence-corrected chi connectivity index (χ4v) is 3.74. The second-order valence-corrected chi connectivity index (χ2v) is 7.65. The summed E-state index contributed by atoms with van der Waals surface area (Å²) in [5, 5.41) is 7.27. The van der Waals surface area contributed by atoms with E-state index in [9.17, 15) is 18.0 Å². The Balaban J connectivity index is 1.51. The van der Waals surface area contributed by atoms with Crippen molar-refractivity contribution in [2.75, 3.05) is 14.2 Å². The van der Waals surface area contributed by atoms with Crippen molar-refractivity contribution in [1.29, 1.82) is 0 Å². The summed E-state index contributed by atoms with van der Waals surface area (Å²) in [4.78, 5) is 13.0. The first-order valence-corrected chi connectivity index (χ1v) is 10.5. The Morgan fingerprint density at radius 2 is 1.74 bits per heavy atom. The zero-order valence-electron chi connectivity index (χ0n) is 19.1. The van der Waals surface area contributed by atoms with E-state index in [0.29, 0.717) is 39.4 Å². The molecule has 7 nitrogen and oxygen atoms in total. The first-order chi connectivity index (χ1) is 16.7. The second-order valence-electron chi connectivity index (χ2n) is 7.65. The van der Waals surface area contributed by atoms with Crippen LogP contribution in [0.25, 0.3) is 16.6 Å². The number of hydrogen-bond donors (Lipinski definition) is 1. The molecular formula is C25H22F3N3O4. The van der Waals surface area contributed by atoms with Crippen molar-refractivity contribution in [3.8, 4) is 28.4 Å². The molecule has 0 bridgehead atoms. The van der Waals surface area contributed by atoms with Crippen LogP contribution < -0.4 is 19.5 Å². The van der Waals surface area contributed by atoms with Crippen LogP contribution in [0.1, 0.15) is 21.6 Å². The van der Waals surface area contributed by atoms with Gasteiger partial charge in [0.2, 0.25) is 0 Å². The molecule has 0 atom stereocenters. The highest BCUT2D eigenvalue weighted by Gasteiger charge is 2.31. The standard InChI is InChI=1S/C25H22F3N3O4/c1-15-23(21-13-19(33-2)10-11-31(21)30-15)24(32)29-14-16-4-9-20(22(12-16)34-3)17-5-7-18(8-6-17)35-25(26,27)28/h4-13H,14H2,1-3H3,(H,29,32). The van der Waals surface area contributed by atoms with Gasteiger partial charge in [0.25, 0.3) is 5.91 Å². The van der Waals surface area contributed by atoms with Gasteiger partial charge >= 0.3 is 6.36 Å². The number of rotatable bonds is 7. The third-order valence-corrected chi connectivity index (χ3v) is 5.36. The number of fused-ring (bicyclic) bond motifs is 1. The van der Waals surface area contributed by atoms with Gasteiger partial charge in [-0.2, -0.15) is 5.10 Å². The van der Waals surface area contributed by atoms with Gasteiger partial charge in [0.1, 0.15) is 17.2 Å².